The molecule has 0 aromatic heterocycles. The molecule has 0 spiro atoms. The molecule has 142 valence electrons. The average Bonchev–Trinajstić information content (AvgIpc) is 3.18. The first-order valence-corrected chi connectivity index (χ1v) is 10.4. The number of carbonyl (C=O) groups excluding carboxylic acids is 1. The summed E-state index contributed by atoms with van der Waals surface area (Å²) in [4.78, 5) is 13.9. The molecule has 1 atom stereocenters. The van der Waals surface area contributed by atoms with Gasteiger partial charge in [-0.2, -0.15) is 0 Å². The molecule has 3 nitrogen and oxygen atoms in total. The normalized spacial score (nSPS) is 15.2. The highest BCUT2D eigenvalue weighted by Gasteiger charge is 2.27. The molecule has 4 heteroatoms. The van der Waals surface area contributed by atoms with Gasteiger partial charge in [0.05, 0.1) is 18.5 Å². The monoisotopic (exact) mass is 389 g/mol. The van der Waals surface area contributed by atoms with E-state index in [0.717, 1.165) is 23.1 Å². The van der Waals surface area contributed by atoms with Crippen molar-refractivity contribution in [2.45, 2.75) is 36.3 Å². The van der Waals surface area contributed by atoms with Gasteiger partial charge in [0.2, 0.25) is 5.91 Å². The molecule has 0 aliphatic carbocycles. The van der Waals surface area contributed by atoms with Gasteiger partial charge >= 0.3 is 0 Å². The van der Waals surface area contributed by atoms with Gasteiger partial charge in [-0.25, -0.2) is 0 Å². The Balaban J connectivity index is 1.31. The van der Waals surface area contributed by atoms with Gasteiger partial charge in [-0.05, 0) is 34.7 Å². The summed E-state index contributed by atoms with van der Waals surface area (Å²) in [5, 5.41) is 3.07. The van der Waals surface area contributed by atoms with Crippen molar-refractivity contribution < 1.29 is 9.53 Å². The Hall–Kier alpha value is -2.56. The van der Waals surface area contributed by atoms with Gasteiger partial charge in [-0.15, -0.1) is 11.8 Å². The van der Waals surface area contributed by atoms with Crippen molar-refractivity contribution in [3.05, 3.63) is 101 Å². The highest BCUT2D eigenvalue weighted by molar-refractivity contribution is 8.01. The van der Waals surface area contributed by atoms with Crippen molar-refractivity contribution in [2.75, 3.05) is 0 Å². The van der Waals surface area contributed by atoms with E-state index in [0.29, 0.717) is 19.8 Å². The molecule has 0 saturated heterocycles. The third-order valence-corrected chi connectivity index (χ3v) is 6.20. The quantitative estimate of drug-likeness (QED) is 0.634. The van der Waals surface area contributed by atoms with E-state index in [4.69, 9.17) is 4.74 Å². The van der Waals surface area contributed by atoms with Gasteiger partial charge in [0.1, 0.15) is 0 Å². The molecule has 0 fully saturated rings. The van der Waals surface area contributed by atoms with Crippen LogP contribution in [0, 0.1) is 0 Å². The molecule has 4 rings (SSSR count). The zero-order valence-corrected chi connectivity index (χ0v) is 16.5. The number of ether oxygens (including phenoxy) is 1. The molecule has 1 heterocycles. The minimum Gasteiger partial charge on any atom is -0.372 e. The Labute approximate surface area is 170 Å². The third-order valence-electron chi connectivity index (χ3n) is 4.88. The van der Waals surface area contributed by atoms with Crippen LogP contribution in [0.3, 0.4) is 0 Å². The lowest BCUT2D eigenvalue weighted by molar-refractivity contribution is -0.120. The topological polar surface area (TPSA) is 38.3 Å². The Morgan fingerprint density at radius 1 is 0.893 bits per heavy atom. The number of amides is 1. The number of rotatable bonds is 7. The summed E-state index contributed by atoms with van der Waals surface area (Å²) in [6.45, 7) is 1.64. The standard InChI is InChI=1S/C24H23NO2S/c26-24(23-14-19-10-6-7-13-22(19)28-23)25-15-20-11-4-5-12-21(20)17-27-16-18-8-2-1-3-9-18/h1-13,23H,14-17H2,(H,25,26). The molecule has 0 bridgehead atoms. The summed E-state index contributed by atoms with van der Waals surface area (Å²) < 4.78 is 5.88. The molecule has 3 aromatic carbocycles. The van der Waals surface area contributed by atoms with E-state index >= 15 is 0 Å². The minimum absolute atomic E-state index is 0.0427. The first-order chi connectivity index (χ1) is 13.8. The summed E-state index contributed by atoms with van der Waals surface area (Å²) in [6.07, 6.45) is 0.800. The second-order valence-corrected chi connectivity index (χ2v) is 8.13. The number of hydrogen-bond donors (Lipinski definition) is 1. The van der Waals surface area contributed by atoms with E-state index < -0.39 is 0 Å². The average molecular weight is 390 g/mol. The van der Waals surface area contributed by atoms with Crippen LogP contribution in [0.2, 0.25) is 0 Å². The first kappa shape index (κ1) is 18.8. The summed E-state index contributed by atoms with van der Waals surface area (Å²) in [7, 11) is 0. The summed E-state index contributed by atoms with van der Waals surface area (Å²) in [6, 6.07) is 26.5. The third kappa shape index (κ3) is 4.64. The molecule has 1 unspecified atom stereocenters. The SMILES string of the molecule is O=C(NCc1ccccc1COCc1ccccc1)C1Cc2ccccc2S1. The van der Waals surface area contributed by atoms with Gasteiger partial charge in [0, 0.05) is 11.4 Å². The largest absolute Gasteiger partial charge is 0.372 e. The second-order valence-electron chi connectivity index (χ2n) is 6.88. The Morgan fingerprint density at radius 2 is 1.61 bits per heavy atom. The van der Waals surface area contributed by atoms with Crippen LogP contribution >= 0.6 is 11.8 Å². The summed E-state index contributed by atoms with van der Waals surface area (Å²) in [5.74, 6) is 0.0983. The predicted octanol–water partition coefficient (Wildman–Crippen LogP) is 4.74. The predicted molar refractivity (Wildman–Crippen MR) is 113 cm³/mol. The summed E-state index contributed by atoms with van der Waals surface area (Å²) in [5.41, 5.74) is 4.64. The maximum Gasteiger partial charge on any atom is 0.234 e. The molecule has 1 N–H and O–H groups in total. The molecule has 0 saturated carbocycles. The van der Waals surface area contributed by atoms with E-state index in [9.17, 15) is 4.79 Å². The number of thioether (sulfide) groups is 1. The van der Waals surface area contributed by atoms with E-state index in [1.807, 2.05) is 42.5 Å². The number of carbonyl (C=O) groups is 1. The van der Waals surface area contributed by atoms with E-state index in [2.05, 4.69) is 41.7 Å². The highest BCUT2D eigenvalue weighted by atomic mass is 32.2. The maximum atomic E-state index is 12.6. The van der Waals surface area contributed by atoms with Crippen molar-refractivity contribution >= 4 is 17.7 Å². The molecule has 1 aliphatic heterocycles. The maximum absolute atomic E-state index is 12.6. The number of fused-ring (bicyclic) bond motifs is 1. The van der Waals surface area contributed by atoms with Gasteiger partial charge in [-0.3, -0.25) is 4.79 Å². The van der Waals surface area contributed by atoms with Crippen LogP contribution in [0.5, 0.6) is 0 Å². The van der Waals surface area contributed by atoms with Crippen LogP contribution < -0.4 is 5.32 Å². The van der Waals surface area contributed by atoms with Crippen molar-refractivity contribution in [1.82, 2.24) is 5.32 Å². The molecule has 1 aliphatic rings. The number of hydrogen-bond acceptors (Lipinski definition) is 3. The van der Waals surface area contributed by atoms with E-state index in [-0.39, 0.29) is 11.2 Å². The van der Waals surface area contributed by atoms with Gasteiger partial charge in [0.15, 0.2) is 0 Å². The van der Waals surface area contributed by atoms with Crippen LogP contribution in [0.15, 0.2) is 83.8 Å². The second kappa shape index (κ2) is 9.09. The fraction of sp³-hybridized carbons (Fsp3) is 0.208. The Morgan fingerprint density at radius 3 is 2.43 bits per heavy atom. The molecule has 0 radical (unpaired) electrons. The molecule has 28 heavy (non-hydrogen) atoms. The fourth-order valence-electron chi connectivity index (χ4n) is 3.35. The molecule has 3 aromatic rings. The van der Waals surface area contributed by atoms with Crippen molar-refractivity contribution in [1.29, 1.82) is 0 Å². The number of nitrogens with one attached hydrogen (secondary N) is 1. The van der Waals surface area contributed by atoms with Crippen LogP contribution in [-0.4, -0.2) is 11.2 Å². The lowest BCUT2D eigenvalue weighted by Crippen LogP contribution is -2.32. The Bertz CT molecular complexity index is 917. The molecular weight excluding hydrogens is 366 g/mol. The van der Waals surface area contributed by atoms with Crippen LogP contribution in [0.1, 0.15) is 22.3 Å². The van der Waals surface area contributed by atoms with Gasteiger partial charge in [-0.1, -0.05) is 72.8 Å². The molecule has 1 amide bonds. The lowest BCUT2D eigenvalue weighted by atomic mass is 10.1. The van der Waals surface area contributed by atoms with Crippen LogP contribution in [0.4, 0.5) is 0 Å². The zero-order chi connectivity index (χ0) is 19.2. The van der Waals surface area contributed by atoms with Crippen molar-refractivity contribution in [3.8, 4) is 0 Å². The van der Waals surface area contributed by atoms with Crippen molar-refractivity contribution in [3.63, 3.8) is 0 Å². The smallest absolute Gasteiger partial charge is 0.234 e. The fourth-order valence-corrected chi connectivity index (χ4v) is 4.57. The zero-order valence-electron chi connectivity index (χ0n) is 15.6. The number of benzene rings is 3. The van der Waals surface area contributed by atoms with E-state index in [1.165, 1.54) is 10.5 Å². The van der Waals surface area contributed by atoms with Crippen LogP contribution in [0.25, 0.3) is 0 Å². The van der Waals surface area contributed by atoms with Gasteiger partial charge in [0.25, 0.3) is 0 Å². The Kier molecular flexibility index (Phi) is 6.10. The first-order valence-electron chi connectivity index (χ1n) is 9.50. The van der Waals surface area contributed by atoms with E-state index in [1.54, 1.807) is 11.8 Å². The minimum atomic E-state index is -0.0427. The summed E-state index contributed by atoms with van der Waals surface area (Å²) >= 11 is 1.66. The van der Waals surface area contributed by atoms with Crippen molar-refractivity contribution in [2.24, 2.45) is 0 Å². The van der Waals surface area contributed by atoms with Gasteiger partial charge < -0.3 is 10.1 Å². The molecular formula is C24H23NO2S. The highest BCUT2D eigenvalue weighted by Crippen LogP contribution is 2.36. The van der Waals surface area contributed by atoms with Crippen LogP contribution in [-0.2, 0) is 35.7 Å². The lowest BCUT2D eigenvalue weighted by Gasteiger charge is -2.13.